The van der Waals surface area contributed by atoms with Gasteiger partial charge in [-0.1, -0.05) is 24.3 Å². The highest BCUT2D eigenvalue weighted by atomic mass is 32.1. The van der Waals surface area contributed by atoms with Gasteiger partial charge in [-0.05, 0) is 44.1 Å². The number of aromatic nitrogens is 2. The molecule has 132 valence electrons. The normalized spacial score (nSPS) is 19.2. The molecule has 25 heavy (non-hydrogen) atoms. The van der Waals surface area contributed by atoms with Gasteiger partial charge in [-0.3, -0.25) is 4.57 Å². The lowest BCUT2D eigenvalue weighted by Gasteiger charge is -2.26. The first-order valence-electron chi connectivity index (χ1n) is 8.10. The van der Waals surface area contributed by atoms with E-state index < -0.39 is 11.7 Å². The number of hydrogen-bond donors (Lipinski definition) is 1. The van der Waals surface area contributed by atoms with Crippen LogP contribution in [-0.4, -0.2) is 32.5 Å². The van der Waals surface area contributed by atoms with E-state index in [9.17, 15) is 4.79 Å². The maximum atomic E-state index is 12.2. The smallest absolute Gasteiger partial charge is 0.408 e. The van der Waals surface area contributed by atoms with Gasteiger partial charge >= 0.3 is 6.09 Å². The first kappa shape index (κ1) is 17.4. The first-order valence-corrected chi connectivity index (χ1v) is 8.50. The molecule has 0 bridgehead atoms. The standard InChI is InChI=1S/C18H21N3O3S/c1-18(2,3)24-16(22)20-15-13-7-5-4-6-12(13)10-14(15)23-17(25)21-9-8-19-11-21/h4-9,11,14-15H,10H2,1-3H3,(H,20,22)/t14-,15+/m1/s1. The van der Waals surface area contributed by atoms with Crippen molar-refractivity contribution in [2.45, 2.75) is 44.9 Å². The van der Waals surface area contributed by atoms with E-state index in [4.69, 9.17) is 21.7 Å². The topological polar surface area (TPSA) is 65.4 Å². The van der Waals surface area contributed by atoms with E-state index in [0.717, 1.165) is 11.1 Å². The maximum absolute atomic E-state index is 12.2. The van der Waals surface area contributed by atoms with Crippen molar-refractivity contribution < 1.29 is 14.3 Å². The molecular weight excluding hydrogens is 338 g/mol. The number of rotatable bonds is 2. The molecule has 3 rings (SSSR count). The Morgan fingerprint density at radius 2 is 2.12 bits per heavy atom. The van der Waals surface area contributed by atoms with Gasteiger partial charge in [0.15, 0.2) is 0 Å². The molecule has 0 saturated heterocycles. The Bertz CT molecular complexity index is 768. The van der Waals surface area contributed by atoms with E-state index in [1.165, 1.54) is 0 Å². The number of imidazole rings is 1. The molecule has 7 heteroatoms. The summed E-state index contributed by atoms with van der Waals surface area (Å²) in [4.78, 5) is 16.2. The van der Waals surface area contributed by atoms with E-state index in [0.29, 0.717) is 11.6 Å². The van der Waals surface area contributed by atoms with Crippen molar-refractivity contribution in [3.63, 3.8) is 0 Å². The SMILES string of the molecule is CC(C)(C)OC(=O)N[C@H]1c2ccccc2C[C@H]1OC(=S)n1ccnc1. The average Bonchev–Trinajstić information content (AvgIpc) is 3.15. The lowest BCUT2D eigenvalue weighted by Crippen LogP contribution is -2.39. The summed E-state index contributed by atoms with van der Waals surface area (Å²) in [5.41, 5.74) is 1.58. The van der Waals surface area contributed by atoms with Crippen molar-refractivity contribution in [2.24, 2.45) is 0 Å². The number of nitrogens with one attached hydrogen (secondary N) is 1. The fraction of sp³-hybridized carbons (Fsp3) is 0.389. The Balaban J connectivity index is 1.77. The zero-order valence-corrected chi connectivity index (χ0v) is 15.2. The summed E-state index contributed by atoms with van der Waals surface area (Å²) >= 11 is 5.33. The molecule has 0 fully saturated rings. The van der Waals surface area contributed by atoms with Crippen molar-refractivity contribution in [1.82, 2.24) is 14.9 Å². The van der Waals surface area contributed by atoms with Gasteiger partial charge in [0, 0.05) is 18.8 Å². The van der Waals surface area contributed by atoms with E-state index in [-0.39, 0.29) is 12.1 Å². The third-order valence-corrected chi connectivity index (χ3v) is 4.13. The molecule has 1 N–H and O–H groups in total. The van der Waals surface area contributed by atoms with Crippen LogP contribution in [0.5, 0.6) is 0 Å². The molecule has 0 spiro atoms. The molecule has 1 heterocycles. The van der Waals surface area contributed by atoms with E-state index in [2.05, 4.69) is 10.3 Å². The minimum Gasteiger partial charge on any atom is -0.464 e. The second kappa shape index (κ2) is 6.84. The van der Waals surface area contributed by atoms with Gasteiger partial charge in [0.2, 0.25) is 0 Å². The lowest BCUT2D eigenvalue weighted by molar-refractivity contribution is 0.0447. The van der Waals surface area contributed by atoms with Crippen molar-refractivity contribution in [2.75, 3.05) is 0 Å². The van der Waals surface area contributed by atoms with Crippen LogP contribution in [0.15, 0.2) is 43.0 Å². The van der Waals surface area contributed by atoms with Crippen LogP contribution in [-0.2, 0) is 15.9 Å². The minimum atomic E-state index is -0.565. The molecule has 1 aromatic carbocycles. The molecule has 0 saturated carbocycles. The lowest BCUT2D eigenvalue weighted by atomic mass is 10.1. The summed E-state index contributed by atoms with van der Waals surface area (Å²) in [6.07, 6.45) is 4.82. The van der Waals surface area contributed by atoms with Crippen LogP contribution in [0.1, 0.15) is 37.9 Å². The van der Waals surface area contributed by atoms with Crippen molar-refractivity contribution in [3.8, 4) is 0 Å². The van der Waals surface area contributed by atoms with Crippen LogP contribution in [0, 0.1) is 0 Å². The van der Waals surface area contributed by atoms with Crippen LogP contribution in [0.3, 0.4) is 0 Å². The molecule has 0 unspecified atom stereocenters. The Hall–Kier alpha value is -2.41. The van der Waals surface area contributed by atoms with E-state index in [1.807, 2.05) is 45.0 Å². The molecule has 6 nitrogen and oxygen atoms in total. The van der Waals surface area contributed by atoms with Crippen molar-refractivity contribution in [3.05, 3.63) is 54.1 Å². The van der Waals surface area contributed by atoms with Gasteiger partial charge < -0.3 is 14.8 Å². The number of benzene rings is 1. The number of carbonyl (C=O) groups is 1. The maximum Gasteiger partial charge on any atom is 0.408 e. The monoisotopic (exact) mass is 359 g/mol. The molecule has 0 aliphatic heterocycles. The Morgan fingerprint density at radius 3 is 2.80 bits per heavy atom. The van der Waals surface area contributed by atoms with Gasteiger partial charge in [0.05, 0.1) is 6.04 Å². The minimum absolute atomic E-state index is 0.297. The summed E-state index contributed by atoms with van der Waals surface area (Å²) in [5, 5.41) is 3.22. The zero-order valence-electron chi connectivity index (χ0n) is 14.4. The van der Waals surface area contributed by atoms with Gasteiger partial charge in [-0.2, -0.15) is 0 Å². The molecule has 1 aliphatic rings. The fourth-order valence-corrected chi connectivity index (χ4v) is 3.06. The Labute approximate surface area is 152 Å². The molecule has 1 aliphatic carbocycles. The summed E-state index contributed by atoms with van der Waals surface area (Å²) in [7, 11) is 0. The first-order chi connectivity index (χ1) is 11.8. The van der Waals surface area contributed by atoms with Crippen LogP contribution in [0.25, 0.3) is 0 Å². The second-order valence-corrected chi connectivity index (χ2v) is 7.27. The van der Waals surface area contributed by atoms with Gasteiger partial charge in [0.25, 0.3) is 5.17 Å². The summed E-state index contributed by atoms with van der Waals surface area (Å²) in [6, 6.07) is 7.61. The highest BCUT2D eigenvalue weighted by Gasteiger charge is 2.36. The summed E-state index contributed by atoms with van der Waals surface area (Å²) in [5.74, 6) is 0. The second-order valence-electron chi connectivity index (χ2n) is 6.92. The van der Waals surface area contributed by atoms with Crippen LogP contribution in [0.2, 0.25) is 0 Å². The molecule has 2 aromatic rings. The zero-order chi connectivity index (χ0) is 18.0. The molecular formula is C18H21N3O3S. The van der Waals surface area contributed by atoms with Crippen LogP contribution >= 0.6 is 12.2 Å². The number of fused-ring (bicyclic) bond motifs is 1. The van der Waals surface area contributed by atoms with E-state index >= 15 is 0 Å². The molecule has 1 amide bonds. The third-order valence-electron chi connectivity index (χ3n) is 3.82. The van der Waals surface area contributed by atoms with Gasteiger partial charge in [-0.15, -0.1) is 0 Å². The Kier molecular flexibility index (Phi) is 4.76. The summed E-state index contributed by atoms with van der Waals surface area (Å²) < 4.78 is 13.0. The Morgan fingerprint density at radius 1 is 1.36 bits per heavy atom. The molecule has 2 atom stereocenters. The van der Waals surface area contributed by atoms with Gasteiger partial charge in [-0.25, -0.2) is 9.78 Å². The van der Waals surface area contributed by atoms with Crippen LogP contribution < -0.4 is 5.32 Å². The fourth-order valence-electron chi connectivity index (χ4n) is 2.83. The van der Waals surface area contributed by atoms with Gasteiger partial charge in [0.1, 0.15) is 18.0 Å². The number of amides is 1. The number of ether oxygens (including phenoxy) is 2. The number of carbonyl (C=O) groups excluding carboxylic acids is 1. The molecule has 1 aromatic heterocycles. The number of hydrogen-bond acceptors (Lipinski definition) is 5. The number of thiocarbonyl (C=S) groups is 1. The van der Waals surface area contributed by atoms with Crippen LogP contribution in [0.4, 0.5) is 4.79 Å². The quantitative estimate of drug-likeness (QED) is 0.834. The average molecular weight is 359 g/mol. The van der Waals surface area contributed by atoms with Crippen molar-refractivity contribution in [1.29, 1.82) is 0 Å². The largest absolute Gasteiger partial charge is 0.464 e. The van der Waals surface area contributed by atoms with E-state index in [1.54, 1.807) is 23.3 Å². The molecule has 0 radical (unpaired) electrons. The number of alkyl carbamates (subject to hydrolysis) is 1. The number of nitrogens with zero attached hydrogens (tertiary/aromatic N) is 2. The highest BCUT2D eigenvalue weighted by Crippen LogP contribution is 2.33. The summed E-state index contributed by atoms with van der Waals surface area (Å²) in [6.45, 7) is 5.49. The predicted molar refractivity (Wildman–Crippen MR) is 97.4 cm³/mol. The predicted octanol–water partition coefficient (Wildman–Crippen LogP) is 3.22. The third kappa shape index (κ3) is 4.17. The van der Waals surface area contributed by atoms with Crippen molar-refractivity contribution >= 4 is 23.5 Å². The highest BCUT2D eigenvalue weighted by molar-refractivity contribution is 7.80.